The molecule has 0 bridgehead atoms. The Kier molecular flexibility index (Phi) is 5.47. The molecule has 4 rings (SSSR count). The summed E-state index contributed by atoms with van der Waals surface area (Å²) in [6.45, 7) is 4.47. The molecule has 8 heteroatoms. The number of carbonyl (C=O) groups excluding carboxylic acids is 2. The van der Waals surface area contributed by atoms with Crippen molar-refractivity contribution in [3.63, 3.8) is 0 Å². The lowest BCUT2D eigenvalue weighted by Gasteiger charge is -2.11. The molecule has 0 unspecified atom stereocenters. The molecule has 1 aliphatic rings. The van der Waals surface area contributed by atoms with Crippen LogP contribution in [0, 0.1) is 13.8 Å². The van der Waals surface area contributed by atoms with Gasteiger partial charge in [0.25, 0.3) is 5.91 Å². The number of hydrogen-bond acceptors (Lipinski definition) is 7. The molecule has 0 spiro atoms. The highest BCUT2D eigenvalue weighted by molar-refractivity contribution is 5.97. The van der Waals surface area contributed by atoms with E-state index in [1.54, 1.807) is 36.4 Å². The van der Waals surface area contributed by atoms with Gasteiger partial charge in [-0.25, -0.2) is 14.8 Å². The number of anilines is 1. The van der Waals surface area contributed by atoms with Gasteiger partial charge in [0.1, 0.15) is 0 Å². The highest BCUT2D eigenvalue weighted by atomic mass is 16.5. The van der Waals surface area contributed by atoms with Crippen LogP contribution in [0.4, 0.5) is 5.69 Å². The summed E-state index contributed by atoms with van der Waals surface area (Å²) < 4.78 is 16.3. The van der Waals surface area contributed by atoms with E-state index in [0.29, 0.717) is 47.0 Å². The van der Waals surface area contributed by atoms with Crippen LogP contribution in [0.3, 0.4) is 0 Å². The molecular formula is C22H21N3O5. The molecule has 30 heavy (non-hydrogen) atoms. The molecule has 8 nitrogen and oxygen atoms in total. The Bertz CT molecular complexity index is 1130. The first kappa shape index (κ1) is 19.6. The third-order valence-corrected chi connectivity index (χ3v) is 4.68. The first-order valence-corrected chi connectivity index (χ1v) is 9.61. The SMILES string of the molecule is Cc1nc2ccc(C(=O)OCC(=O)Nc3ccc4c(c3)OCCCO4)cc2nc1C. The van der Waals surface area contributed by atoms with Gasteiger partial charge in [0.15, 0.2) is 18.1 Å². The molecule has 0 saturated heterocycles. The van der Waals surface area contributed by atoms with Gasteiger partial charge in [0.05, 0.1) is 41.2 Å². The lowest BCUT2D eigenvalue weighted by molar-refractivity contribution is -0.119. The summed E-state index contributed by atoms with van der Waals surface area (Å²) in [6.07, 6.45) is 0.797. The molecule has 0 radical (unpaired) electrons. The normalized spacial score (nSPS) is 12.9. The van der Waals surface area contributed by atoms with Gasteiger partial charge in [-0.1, -0.05) is 0 Å². The van der Waals surface area contributed by atoms with E-state index in [4.69, 9.17) is 14.2 Å². The summed E-state index contributed by atoms with van der Waals surface area (Å²) in [5.74, 6) is 0.155. The maximum atomic E-state index is 12.3. The Hall–Kier alpha value is -3.68. The highest BCUT2D eigenvalue weighted by Gasteiger charge is 2.14. The molecule has 1 aliphatic heterocycles. The van der Waals surface area contributed by atoms with Crippen molar-refractivity contribution < 1.29 is 23.8 Å². The van der Waals surface area contributed by atoms with Gasteiger partial charge >= 0.3 is 5.97 Å². The van der Waals surface area contributed by atoms with E-state index in [-0.39, 0.29) is 0 Å². The number of fused-ring (bicyclic) bond motifs is 2. The molecule has 1 amide bonds. The topological polar surface area (TPSA) is 99.6 Å². The second kappa shape index (κ2) is 8.36. The van der Waals surface area contributed by atoms with Gasteiger partial charge in [0.2, 0.25) is 0 Å². The van der Waals surface area contributed by atoms with Crippen LogP contribution in [0.15, 0.2) is 36.4 Å². The van der Waals surface area contributed by atoms with Crippen LogP contribution in [0.5, 0.6) is 11.5 Å². The molecule has 1 aromatic heterocycles. The van der Waals surface area contributed by atoms with Crippen molar-refractivity contribution >= 4 is 28.6 Å². The van der Waals surface area contributed by atoms with Crippen LogP contribution in [0.1, 0.15) is 28.2 Å². The second-order valence-electron chi connectivity index (χ2n) is 6.93. The van der Waals surface area contributed by atoms with E-state index in [0.717, 1.165) is 17.8 Å². The maximum Gasteiger partial charge on any atom is 0.338 e. The Balaban J connectivity index is 1.38. The molecule has 3 aromatic rings. The van der Waals surface area contributed by atoms with Crippen molar-refractivity contribution in [1.82, 2.24) is 9.97 Å². The Morgan fingerprint density at radius 3 is 2.50 bits per heavy atom. The fourth-order valence-corrected chi connectivity index (χ4v) is 3.01. The summed E-state index contributed by atoms with van der Waals surface area (Å²) >= 11 is 0. The minimum Gasteiger partial charge on any atom is -0.490 e. The van der Waals surface area contributed by atoms with E-state index in [1.165, 1.54) is 0 Å². The number of rotatable bonds is 4. The number of nitrogens with one attached hydrogen (secondary N) is 1. The molecule has 0 saturated carbocycles. The molecule has 2 heterocycles. The van der Waals surface area contributed by atoms with Crippen molar-refractivity contribution in [2.24, 2.45) is 0 Å². The number of ether oxygens (including phenoxy) is 3. The Morgan fingerprint density at radius 2 is 1.70 bits per heavy atom. The average molecular weight is 407 g/mol. The van der Waals surface area contributed by atoms with Crippen molar-refractivity contribution in [1.29, 1.82) is 0 Å². The Labute approximate surface area is 173 Å². The van der Waals surface area contributed by atoms with Crippen molar-refractivity contribution in [3.05, 3.63) is 53.3 Å². The minimum atomic E-state index is -0.606. The summed E-state index contributed by atoms with van der Waals surface area (Å²) in [7, 11) is 0. The molecular weight excluding hydrogens is 386 g/mol. The smallest absolute Gasteiger partial charge is 0.338 e. The molecule has 0 aliphatic carbocycles. The third-order valence-electron chi connectivity index (χ3n) is 4.68. The van der Waals surface area contributed by atoms with Crippen LogP contribution < -0.4 is 14.8 Å². The van der Waals surface area contributed by atoms with E-state index < -0.39 is 18.5 Å². The predicted octanol–water partition coefficient (Wildman–Crippen LogP) is 3.20. The van der Waals surface area contributed by atoms with Crippen molar-refractivity contribution in [2.75, 3.05) is 25.1 Å². The largest absolute Gasteiger partial charge is 0.490 e. The quantitative estimate of drug-likeness (QED) is 0.663. The fraction of sp³-hybridized carbons (Fsp3) is 0.273. The molecule has 2 aromatic carbocycles. The summed E-state index contributed by atoms with van der Waals surface area (Å²) in [5, 5.41) is 2.69. The third kappa shape index (κ3) is 4.32. The lowest BCUT2D eigenvalue weighted by Crippen LogP contribution is -2.21. The lowest BCUT2D eigenvalue weighted by atomic mass is 10.2. The van der Waals surface area contributed by atoms with Crippen LogP contribution in [0.2, 0.25) is 0 Å². The van der Waals surface area contributed by atoms with Gasteiger partial charge < -0.3 is 19.5 Å². The predicted molar refractivity (Wildman–Crippen MR) is 110 cm³/mol. The number of amides is 1. The summed E-state index contributed by atoms with van der Waals surface area (Å²) in [6, 6.07) is 10.1. The minimum absolute atomic E-state index is 0.309. The van der Waals surface area contributed by atoms with Crippen molar-refractivity contribution in [3.8, 4) is 11.5 Å². The zero-order valence-corrected chi connectivity index (χ0v) is 16.7. The van der Waals surface area contributed by atoms with Gasteiger partial charge in [-0.05, 0) is 44.2 Å². The van der Waals surface area contributed by atoms with Crippen LogP contribution in [-0.4, -0.2) is 41.7 Å². The number of hydrogen-bond donors (Lipinski definition) is 1. The zero-order chi connectivity index (χ0) is 21.1. The van der Waals surface area contributed by atoms with Gasteiger partial charge in [-0.3, -0.25) is 4.79 Å². The van der Waals surface area contributed by atoms with E-state index in [1.807, 2.05) is 13.8 Å². The van der Waals surface area contributed by atoms with Crippen LogP contribution in [-0.2, 0) is 9.53 Å². The number of aryl methyl sites for hydroxylation is 2. The standard InChI is InChI=1S/C22H21N3O5/c1-13-14(2)24-18-10-15(4-6-17(18)23-13)22(27)30-12-21(26)25-16-5-7-19-20(11-16)29-9-3-8-28-19/h4-7,10-11H,3,8-9,12H2,1-2H3,(H,25,26). The number of benzene rings is 2. The van der Waals surface area contributed by atoms with Gasteiger partial charge in [0, 0.05) is 18.2 Å². The number of nitrogens with zero attached hydrogens (tertiary/aromatic N) is 2. The first-order chi connectivity index (χ1) is 14.5. The molecule has 0 fully saturated rings. The summed E-state index contributed by atoms with van der Waals surface area (Å²) in [4.78, 5) is 33.4. The summed E-state index contributed by atoms with van der Waals surface area (Å²) in [5.41, 5.74) is 3.77. The number of carbonyl (C=O) groups is 2. The van der Waals surface area contributed by atoms with Gasteiger partial charge in [-0.15, -0.1) is 0 Å². The average Bonchev–Trinajstić information content (AvgIpc) is 2.97. The van der Waals surface area contributed by atoms with E-state index >= 15 is 0 Å². The molecule has 1 N–H and O–H groups in total. The fourth-order valence-electron chi connectivity index (χ4n) is 3.01. The number of esters is 1. The van der Waals surface area contributed by atoms with E-state index in [2.05, 4.69) is 15.3 Å². The van der Waals surface area contributed by atoms with Crippen molar-refractivity contribution in [2.45, 2.75) is 20.3 Å². The zero-order valence-electron chi connectivity index (χ0n) is 16.7. The second-order valence-corrected chi connectivity index (χ2v) is 6.93. The highest BCUT2D eigenvalue weighted by Crippen LogP contribution is 2.32. The monoisotopic (exact) mass is 407 g/mol. The molecule has 154 valence electrons. The first-order valence-electron chi connectivity index (χ1n) is 9.61. The maximum absolute atomic E-state index is 12.3. The molecule has 0 atom stereocenters. The Morgan fingerprint density at radius 1 is 0.967 bits per heavy atom. The van der Waals surface area contributed by atoms with Crippen LogP contribution >= 0.6 is 0 Å². The van der Waals surface area contributed by atoms with Gasteiger partial charge in [-0.2, -0.15) is 0 Å². The van der Waals surface area contributed by atoms with E-state index in [9.17, 15) is 9.59 Å². The number of aromatic nitrogens is 2. The van der Waals surface area contributed by atoms with Crippen LogP contribution in [0.25, 0.3) is 11.0 Å².